The predicted molar refractivity (Wildman–Crippen MR) is 91.9 cm³/mol. The molecule has 0 spiro atoms. The van der Waals surface area contributed by atoms with Crippen LogP contribution in [-0.4, -0.2) is 18.6 Å². The van der Waals surface area contributed by atoms with Gasteiger partial charge in [0.15, 0.2) is 0 Å². The second-order valence-corrected chi connectivity index (χ2v) is 6.98. The number of hydrogen-bond acceptors (Lipinski definition) is 4. The highest BCUT2D eigenvalue weighted by atomic mass is 32.1. The molecule has 2 heterocycles. The SMILES string of the molecule is Cc1cc(CNCC(C)C)cnc1N(C)Cc1cccs1. The highest BCUT2D eigenvalue weighted by molar-refractivity contribution is 7.09. The van der Waals surface area contributed by atoms with Crippen molar-refractivity contribution in [3.63, 3.8) is 0 Å². The van der Waals surface area contributed by atoms with Crippen molar-refractivity contribution in [3.8, 4) is 0 Å². The van der Waals surface area contributed by atoms with Crippen molar-refractivity contribution in [2.24, 2.45) is 5.92 Å². The summed E-state index contributed by atoms with van der Waals surface area (Å²) >= 11 is 1.79. The maximum atomic E-state index is 4.65. The summed E-state index contributed by atoms with van der Waals surface area (Å²) in [6, 6.07) is 6.50. The Kier molecular flexibility index (Phi) is 5.76. The molecule has 0 fully saturated rings. The van der Waals surface area contributed by atoms with E-state index >= 15 is 0 Å². The van der Waals surface area contributed by atoms with Crippen molar-refractivity contribution < 1.29 is 0 Å². The van der Waals surface area contributed by atoms with Crippen LogP contribution in [0.5, 0.6) is 0 Å². The summed E-state index contributed by atoms with van der Waals surface area (Å²) in [6.45, 7) is 9.42. The van der Waals surface area contributed by atoms with E-state index in [1.54, 1.807) is 11.3 Å². The summed E-state index contributed by atoms with van der Waals surface area (Å²) in [5.74, 6) is 1.74. The molecule has 0 aromatic carbocycles. The normalized spacial score (nSPS) is 11.1. The first kappa shape index (κ1) is 16.0. The molecule has 2 rings (SSSR count). The first-order chi connectivity index (χ1) is 10.1. The van der Waals surface area contributed by atoms with Crippen molar-refractivity contribution in [2.45, 2.75) is 33.9 Å². The molecule has 0 unspecified atom stereocenters. The lowest BCUT2D eigenvalue weighted by molar-refractivity contribution is 0.552. The molecule has 4 heteroatoms. The molecule has 3 nitrogen and oxygen atoms in total. The average molecular weight is 303 g/mol. The summed E-state index contributed by atoms with van der Waals surface area (Å²) in [4.78, 5) is 8.22. The van der Waals surface area contributed by atoms with Gasteiger partial charge < -0.3 is 10.2 Å². The van der Waals surface area contributed by atoms with Gasteiger partial charge >= 0.3 is 0 Å². The quantitative estimate of drug-likeness (QED) is 0.842. The molecule has 21 heavy (non-hydrogen) atoms. The summed E-state index contributed by atoms with van der Waals surface area (Å²) in [5.41, 5.74) is 2.49. The highest BCUT2D eigenvalue weighted by Gasteiger charge is 2.08. The van der Waals surface area contributed by atoms with E-state index in [4.69, 9.17) is 0 Å². The third-order valence-corrected chi connectivity index (χ3v) is 4.18. The van der Waals surface area contributed by atoms with Gasteiger partial charge in [0.05, 0.1) is 6.54 Å². The van der Waals surface area contributed by atoms with Crippen LogP contribution in [0.2, 0.25) is 0 Å². The molecule has 2 aromatic heterocycles. The van der Waals surface area contributed by atoms with Gasteiger partial charge in [-0.15, -0.1) is 11.3 Å². The molecule has 0 saturated heterocycles. The number of nitrogens with one attached hydrogen (secondary N) is 1. The summed E-state index contributed by atoms with van der Waals surface area (Å²) < 4.78 is 0. The van der Waals surface area contributed by atoms with Crippen LogP contribution in [0, 0.1) is 12.8 Å². The Labute approximate surface area is 132 Å². The summed E-state index contributed by atoms with van der Waals surface area (Å²) in [5, 5.41) is 5.58. The number of pyridine rings is 1. The number of thiophene rings is 1. The van der Waals surface area contributed by atoms with Crippen LogP contribution in [-0.2, 0) is 13.1 Å². The van der Waals surface area contributed by atoms with Crippen molar-refractivity contribution >= 4 is 17.2 Å². The third kappa shape index (κ3) is 4.83. The van der Waals surface area contributed by atoms with Gasteiger partial charge in [0.1, 0.15) is 5.82 Å². The zero-order chi connectivity index (χ0) is 15.2. The summed E-state index contributed by atoms with van der Waals surface area (Å²) in [6.07, 6.45) is 1.99. The van der Waals surface area contributed by atoms with Crippen LogP contribution in [0.4, 0.5) is 5.82 Å². The molecule has 0 aliphatic carbocycles. The Morgan fingerprint density at radius 2 is 2.19 bits per heavy atom. The topological polar surface area (TPSA) is 28.2 Å². The van der Waals surface area contributed by atoms with E-state index in [0.29, 0.717) is 5.92 Å². The van der Waals surface area contributed by atoms with Gasteiger partial charge in [-0.2, -0.15) is 0 Å². The lowest BCUT2D eigenvalue weighted by Crippen LogP contribution is -2.20. The van der Waals surface area contributed by atoms with Crippen LogP contribution >= 0.6 is 11.3 Å². The Bertz CT molecular complexity index is 549. The van der Waals surface area contributed by atoms with Crippen LogP contribution in [0.15, 0.2) is 29.8 Å². The fourth-order valence-electron chi connectivity index (χ4n) is 2.34. The molecule has 0 aliphatic rings. The Morgan fingerprint density at radius 1 is 1.38 bits per heavy atom. The fourth-order valence-corrected chi connectivity index (χ4v) is 3.10. The number of nitrogens with zero attached hydrogens (tertiary/aromatic N) is 2. The van der Waals surface area contributed by atoms with Crippen LogP contribution in [0.3, 0.4) is 0 Å². The molecule has 0 saturated carbocycles. The van der Waals surface area contributed by atoms with E-state index in [0.717, 1.165) is 25.5 Å². The second-order valence-electron chi connectivity index (χ2n) is 5.94. The van der Waals surface area contributed by atoms with Crippen LogP contribution in [0.1, 0.15) is 29.9 Å². The third-order valence-electron chi connectivity index (χ3n) is 3.32. The lowest BCUT2D eigenvalue weighted by atomic mass is 10.2. The van der Waals surface area contributed by atoms with Gasteiger partial charge in [0, 0.05) is 24.7 Å². The monoisotopic (exact) mass is 303 g/mol. The minimum absolute atomic E-state index is 0.676. The molecule has 114 valence electrons. The maximum Gasteiger partial charge on any atom is 0.131 e. The number of aryl methyl sites for hydroxylation is 1. The highest BCUT2D eigenvalue weighted by Crippen LogP contribution is 2.20. The Balaban J connectivity index is 1.98. The van der Waals surface area contributed by atoms with Gasteiger partial charge in [-0.05, 0) is 48.0 Å². The van der Waals surface area contributed by atoms with Gasteiger partial charge in [0.25, 0.3) is 0 Å². The minimum Gasteiger partial charge on any atom is -0.354 e. The predicted octanol–water partition coefficient (Wildman–Crippen LogP) is 3.83. The van der Waals surface area contributed by atoms with Crippen molar-refractivity contribution in [1.29, 1.82) is 0 Å². The maximum absolute atomic E-state index is 4.65. The van der Waals surface area contributed by atoms with Crippen LogP contribution in [0.25, 0.3) is 0 Å². The van der Waals surface area contributed by atoms with Gasteiger partial charge in [-0.1, -0.05) is 19.9 Å². The van der Waals surface area contributed by atoms with Crippen LogP contribution < -0.4 is 10.2 Å². The molecular weight excluding hydrogens is 278 g/mol. The second kappa shape index (κ2) is 7.57. The van der Waals surface area contributed by atoms with Crippen molar-refractivity contribution in [1.82, 2.24) is 10.3 Å². The first-order valence-electron chi connectivity index (χ1n) is 7.46. The Morgan fingerprint density at radius 3 is 2.81 bits per heavy atom. The molecule has 1 N–H and O–H groups in total. The number of rotatable bonds is 7. The van der Waals surface area contributed by atoms with E-state index in [2.05, 4.69) is 66.6 Å². The molecule has 2 aromatic rings. The molecule has 0 aliphatic heterocycles. The minimum atomic E-state index is 0.676. The van der Waals surface area contributed by atoms with E-state index in [1.165, 1.54) is 16.0 Å². The standard InChI is InChI=1S/C17H25N3S/c1-13(2)9-18-10-15-8-14(3)17(19-11-15)20(4)12-16-6-5-7-21-16/h5-8,11,13,18H,9-10,12H2,1-4H3. The van der Waals surface area contributed by atoms with E-state index < -0.39 is 0 Å². The number of hydrogen-bond donors (Lipinski definition) is 1. The average Bonchev–Trinajstić information content (AvgIpc) is 2.91. The first-order valence-corrected chi connectivity index (χ1v) is 8.34. The van der Waals surface area contributed by atoms with Crippen molar-refractivity contribution in [2.75, 3.05) is 18.5 Å². The largest absolute Gasteiger partial charge is 0.354 e. The van der Waals surface area contributed by atoms with E-state index in [1.807, 2.05) is 6.20 Å². The van der Waals surface area contributed by atoms with Crippen molar-refractivity contribution in [3.05, 3.63) is 45.8 Å². The molecule has 0 bridgehead atoms. The molecular formula is C17H25N3S. The number of aromatic nitrogens is 1. The lowest BCUT2D eigenvalue weighted by Gasteiger charge is -2.20. The van der Waals surface area contributed by atoms with Gasteiger partial charge in [-0.3, -0.25) is 0 Å². The van der Waals surface area contributed by atoms with E-state index in [9.17, 15) is 0 Å². The zero-order valence-corrected chi connectivity index (χ0v) is 14.2. The fraction of sp³-hybridized carbons (Fsp3) is 0.471. The van der Waals surface area contributed by atoms with Gasteiger partial charge in [-0.25, -0.2) is 4.98 Å². The molecule has 0 amide bonds. The number of anilines is 1. The Hall–Kier alpha value is -1.39. The van der Waals surface area contributed by atoms with Gasteiger partial charge in [0.2, 0.25) is 0 Å². The van der Waals surface area contributed by atoms with E-state index in [-0.39, 0.29) is 0 Å². The summed E-state index contributed by atoms with van der Waals surface area (Å²) in [7, 11) is 2.10. The zero-order valence-electron chi connectivity index (χ0n) is 13.4. The molecule has 0 radical (unpaired) electrons. The smallest absolute Gasteiger partial charge is 0.131 e. The molecule has 0 atom stereocenters.